The Hall–Kier alpha value is -1.60. The highest BCUT2D eigenvalue weighted by molar-refractivity contribution is 8.13. The van der Waals surface area contributed by atoms with Gasteiger partial charge in [0.1, 0.15) is 5.75 Å². The summed E-state index contributed by atoms with van der Waals surface area (Å²) in [6, 6.07) is 7.51. The summed E-state index contributed by atoms with van der Waals surface area (Å²) >= 11 is 1.18. The molecular formula is C15H19NO2S. The molecule has 1 N–H and O–H groups in total. The molecule has 0 aliphatic heterocycles. The van der Waals surface area contributed by atoms with Gasteiger partial charge in [-0.25, -0.2) is 0 Å². The van der Waals surface area contributed by atoms with E-state index >= 15 is 0 Å². The second-order valence-electron chi connectivity index (χ2n) is 4.13. The maximum atomic E-state index is 11.6. The molecule has 0 saturated heterocycles. The molecule has 0 aromatic heterocycles. The van der Waals surface area contributed by atoms with Gasteiger partial charge in [0.2, 0.25) is 0 Å². The molecule has 1 rings (SSSR count). The van der Waals surface area contributed by atoms with Crippen LogP contribution in [-0.2, 0) is 0 Å². The highest BCUT2D eigenvalue weighted by Gasteiger charge is 2.04. The number of hydrogen-bond donors (Lipinski definition) is 1. The van der Waals surface area contributed by atoms with Crippen LogP contribution < -0.4 is 10.1 Å². The molecule has 0 unspecified atom stereocenters. The molecule has 0 radical (unpaired) electrons. The van der Waals surface area contributed by atoms with E-state index in [9.17, 15) is 4.79 Å². The van der Waals surface area contributed by atoms with Crippen molar-refractivity contribution in [2.24, 2.45) is 0 Å². The predicted molar refractivity (Wildman–Crippen MR) is 79.5 cm³/mol. The van der Waals surface area contributed by atoms with Crippen LogP contribution in [-0.4, -0.2) is 17.9 Å². The van der Waals surface area contributed by atoms with Crippen LogP contribution in [0.4, 0.5) is 4.79 Å². The van der Waals surface area contributed by atoms with Gasteiger partial charge in [0.15, 0.2) is 0 Å². The van der Waals surface area contributed by atoms with Gasteiger partial charge in [-0.05, 0) is 56.8 Å². The molecule has 0 heterocycles. The van der Waals surface area contributed by atoms with E-state index in [0.29, 0.717) is 13.0 Å². The Labute approximate surface area is 119 Å². The Morgan fingerprint density at radius 2 is 2.05 bits per heavy atom. The summed E-state index contributed by atoms with van der Waals surface area (Å²) in [4.78, 5) is 12.5. The van der Waals surface area contributed by atoms with Crippen molar-refractivity contribution in [2.45, 2.75) is 38.2 Å². The molecule has 1 amide bonds. The first-order chi connectivity index (χ1) is 9.11. The van der Waals surface area contributed by atoms with E-state index in [1.165, 1.54) is 11.8 Å². The molecule has 0 atom stereocenters. The van der Waals surface area contributed by atoms with Gasteiger partial charge in [-0.1, -0.05) is 0 Å². The monoisotopic (exact) mass is 277 g/mol. The maximum Gasteiger partial charge on any atom is 0.283 e. The molecule has 4 heteroatoms. The largest absolute Gasteiger partial charge is 0.491 e. The first kappa shape index (κ1) is 15.5. The van der Waals surface area contributed by atoms with Crippen LogP contribution in [0.3, 0.4) is 0 Å². The van der Waals surface area contributed by atoms with E-state index in [4.69, 9.17) is 4.74 Å². The number of amides is 1. The normalized spacial score (nSPS) is 9.68. The molecule has 3 nitrogen and oxygen atoms in total. The Kier molecular flexibility index (Phi) is 6.91. The minimum atomic E-state index is -0.0598. The lowest BCUT2D eigenvalue weighted by Crippen LogP contribution is -2.19. The van der Waals surface area contributed by atoms with E-state index in [-0.39, 0.29) is 11.3 Å². The average Bonchev–Trinajstić information content (AvgIpc) is 2.36. The highest BCUT2D eigenvalue weighted by Crippen LogP contribution is 2.22. The quantitative estimate of drug-likeness (QED) is 0.507. The van der Waals surface area contributed by atoms with Crippen LogP contribution in [0.25, 0.3) is 0 Å². The van der Waals surface area contributed by atoms with Crippen LogP contribution in [0.1, 0.15) is 27.2 Å². The topological polar surface area (TPSA) is 38.3 Å². The number of rotatable bonds is 5. The van der Waals surface area contributed by atoms with Crippen LogP contribution in [0.2, 0.25) is 0 Å². The number of carbonyl (C=O) groups is 1. The van der Waals surface area contributed by atoms with Gasteiger partial charge in [-0.15, -0.1) is 11.8 Å². The summed E-state index contributed by atoms with van der Waals surface area (Å²) in [5.41, 5.74) is 0. The first-order valence-corrected chi connectivity index (χ1v) is 7.05. The van der Waals surface area contributed by atoms with Crippen molar-refractivity contribution in [1.29, 1.82) is 0 Å². The van der Waals surface area contributed by atoms with Gasteiger partial charge < -0.3 is 10.1 Å². The second kappa shape index (κ2) is 8.49. The Morgan fingerprint density at radius 3 is 2.63 bits per heavy atom. The van der Waals surface area contributed by atoms with Crippen molar-refractivity contribution >= 4 is 17.0 Å². The molecule has 0 bridgehead atoms. The second-order valence-corrected chi connectivity index (χ2v) is 5.18. The molecule has 1 aromatic rings. The number of nitrogens with one attached hydrogen (secondary N) is 1. The Morgan fingerprint density at radius 1 is 1.37 bits per heavy atom. The van der Waals surface area contributed by atoms with Gasteiger partial charge in [-0.3, -0.25) is 4.79 Å². The summed E-state index contributed by atoms with van der Waals surface area (Å²) in [5, 5.41) is 2.74. The molecule has 0 fully saturated rings. The van der Waals surface area contributed by atoms with Gasteiger partial charge in [0.25, 0.3) is 5.24 Å². The van der Waals surface area contributed by atoms with Crippen molar-refractivity contribution in [3.8, 4) is 17.6 Å². The molecule has 0 spiro atoms. The Balaban J connectivity index is 2.39. The fraction of sp³-hybridized carbons (Fsp3) is 0.400. The summed E-state index contributed by atoms with van der Waals surface area (Å²) in [6.07, 6.45) is 0.839. The third-order valence-corrected chi connectivity index (χ3v) is 2.94. The number of hydrogen-bond acceptors (Lipinski definition) is 3. The van der Waals surface area contributed by atoms with E-state index in [1.54, 1.807) is 6.92 Å². The first-order valence-electron chi connectivity index (χ1n) is 6.24. The lowest BCUT2D eigenvalue weighted by Gasteiger charge is -2.09. The van der Waals surface area contributed by atoms with Crippen molar-refractivity contribution < 1.29 is 9.53 Å². The fourth-order valence-electron chi connectivity index (χ4n) is 1.35. The predicted octanol–water partition coefficient (Wildman–Crippen LogP) is 3.69. The van der Waals surface area contributed by atoms with Gasteiger partial charge >= 0.3 is 0 Å². The van der Waals surface area contributed by atoms with Crippen LogP contribution in [0.5, 0.6) is 5.75 Å². The third-order valence-electron chi connectivity index (χ3n) is 2.10. The summed E-state index contributed by atoms with van der Waals surface area (Å²) in [7, 11) is 0. The lowest BCUT2D eigenvalue weighted by molar-refractivity contribution is 0.242. The SMILES string of the molecule is CC#CCCNC(=O)Sc1ccc(OC(C)C)cc1. The van der Waals surface area contributed by atoms with Crippen LogP contribution >= 0.6 is 11.8 Å². The molecule has 0 aliphatic carbocycles. The Bertz CT molecular complexity index is 457. The maximum absolute atomic E-state index is 11.6. The standard InChI is InChI=1S/C15H19NO2S/c1-4-5-6-11-16-15(17)19-14-9-7-13(8-10-14)18-12(2)3/h7-10,12H,6,11H2,1-3H3,(H,16,17). The van der Waals surface area contributed by atoms with Crippen molar-refractivity contribution in [3.05, 3.63) is 24.3 Å². The van der Waals surface area contributed by atoms with Gasteiger partial charge in [0.05, 0.1) is 6.10 Å². The van der Waals surface area contributed by atoms with Crippen molar-refractivity contribution in [2.75, 3.05) is 6.54 Å². The highest BCUT2D eigenvalue weighted by atomic mass is 32.2. The third kappa shape index (κ3) is 6.78. The number of benzene rings is 1. The minimum Gasteiger partial charge on any atom is -0.491 e. The van der Waals surface area contributed by atoms with Crippen molar-refractivity contribution in [1.82, 2.24) is 5.32 Å². The zero-order valence-corrected chi connectivity index (χ0v) is 12.3. The van der Waals surface area contributed by atoms with E-state index < -0.39 is 0 Å². The van der Waals surface area contributed by atoms with E-state index in [0.717, 1.165) is 10.6 Å². The lowest BCUT2D eigenvalue weighted by atomic mass is 10.3. The summed E-state index contributed by atoms with van der Waals surface area (Å²) in [6.45, 7) is 6.34. The smallest absolute Gasteiger partial charge is 0.283 e. The number of ether oxygens (including phenoxy) is 1. The summed E-state index contributed by atoms with van der Waals surface area (Å²) < 4.78 is 5.54. The molecule has 1 aromatic carbocycles. The number of thioether (sulfide) groups is 1. The van der Waals surface area contributed by atoms with Crippen LogP contribution in [0.15, 0.2) is 29.2 Å². The molecule has 0 aliphatic rings. The summed E-state index contributed by atoms with van der Waals surface area (Å²) in [5.74, 6) is 6.51. The van der Waals surface area contributed by atoms with E-state index in [2.05, 4.69) is 17.2 Å². The zero-order chi connectivity index (χ0) is 14.1. The fourth-order valence-corrected chi connectivity index (χ4v) is 2.01. The van der Waals surface area contributed by atoms with Crippen molar-refractivity contribution in [3.63, 3.8) is 0 Å². The molecule has 19 heavy (non-hydrogen) atoms. The molecule has 0 saturated carbocycles. The van der Waals surface area contributed by atoms with Gasteiger partial charge in [0, 0.05) is 17.9 Å². The average molecular weight is 277 g/mol. The van der Waals surface area contributed by atoms with Crippen LogP contribution in [0, 0.1) is 11.8 Å². The zero-order valence-electron chi connectivity index (χ0n) is 11.5. The van der Waals surface area contributed by atoms with E-state index in [1.807, 2.05) is 38.1 Å². The number of carbonyl (C=O) groups excluding carboxylic acids is 1. The molecular weight excluding hydrogens is 258 g/mol. The molecule has 102 valence electrons. The minimum absolute atomic E-state index is 0.0598. The van der Waals surface area contributed by atoms with Gasteiger partial charge in [-0.2, -0.15) is 0 Å².